The highest BCUT2D eigenvalue weighted by molar-refractivity contribution is 5.90. The number of nitrogens with zero attached hydrogens (tertiary/aromatic N) is 2. The number of hydrogen-bond acceptors (Lipinski definition) is 5. The number of urea groups is 1. The van der Waals surface area contributed by atoms with Crippen LogP contribution in [0.1, 0.15) is 0 Å². The Hall–Kier alpha value is -3.09. The van der Waals surface area contributed by atoms with Gasteiger partial charge in [-0.15, -0.1) is 0 Å². The second-order valence-corrected chi connectivity index (χ2v) is 6.17. The van der Waals surface area contributed by atoms with Gasteiger partial charge in [0.25, 0.3) is 0 Å². The number of amides is 2. The summed E-state index contributed by atoms with van der Waals surface area (Å²) in [7, 11) is 1.66. The van der Waals surface area contributed by atoms with Crippen LogP contribution in [0.5, 0.6) is 17.2 Å². The summed E-state index contributed by atoms with van der Waals surface area (Å²) in [5.74, 6) is 2.21. The SMILES string of the molecule is COc1ccc(N2CCN(C(=O)Nc3ccc4c(c3)OCO4)CC2)cc1. The molecule has 0 aromatic heterocycles. The lowest BCUT2D eigenvalue weighted by Crippen LogP contribution is -2.50. The lowest BCUT2D eigenvalue weighted by Gasteiger charge is -2.36. The summed E-state index contributed by atoms with van der Waals surface area (Å²) in [6.45, 7) is 3.15. The number of hydrogen-bond donors (Lipinski definition) is 1. The number of anilines is 2. The zero-order chi connectivity index (χ0) is 17.9. The van der Waals surface area contributed by atoms with Gasteiger partial charge in [0.05, 0.1) is 7.11 Å². The Morgan fingerprint density at radius 2 is 1.73 bits per heavy atom. The van der Waals surface area contributed by atoms with Crippen molar-refractivity contribution in [1.29, 1.82) is 0 Å². The summed E-state index contributed by atoms with van der Waals surface area (Å²) in [4.78, 5) is 16.6. The normalized spacial score (nSPS) is 15.7. The molecule has 0 bridgehead atoms. The molecule has 2 aliphatic heterocycles. The van der Waals surface area contributed by atoms with Gasteiger partial charge in [-0.1, -0.05) is 0 Å². The summed E-state index contributed by atoms with van der Waals surface area (Å²) in [6.07, 6.45) is 0. The van der Waals surface area contributed by atoms with Gasteiger partial charge >= 0.3 is 6.03 Å². The van der Waals surface area contributed by atoms with Crippen LogP contribution in [-0.2, 0) is 0 Å². The van der Waals surface area contributed by atoms with E-state index in [0.717, 1.165) is 24.5 Å². The van der Waals surface area contributed by atoms with E-state index in [1.807, 2.05) is 35.2 Å². The molecule has 0 atom stereocenters. The average Bonchev–Trinajstić information content (AvgIpc) is 3.16. The van der Waals surface area contributed by atoms with E-state index in [1.165, 1.54) is 0 Å². The molecule has 1 fully saturated rings. The van der Waals surface area contributed by atoms with E-state index in [9.17, 15) is 4.79 Å². The highest BCUT2D eigenvalue weighted by Gasteiger charge is 2.22. The molecule has 0 unspecified atom stereocenters. The minimum atomic E-state index is -0.0988. The third-order valence-corrected chi connectivity index (χ3v) is 4.63. The van der Waals surface area contributed by atoms with Crippen molar-refractivity contribution in [3.05, 3.63) is 42.5 Å². The summed E-state index contributed by atoms with van der Waals surface area (Å²) < 4.78 is 15.8. The molecule has 2 heterocycles. The van der Waals surface area contributed by atoms with Gasteiger partial charge in [0.2, 0.25) is 6.79 Å². The van der Waals surface area contributed by atoms with Crippen LogP contribution < -0.4 is 24.4 Å². The maximum Gasteiger partial charge on any atom is 0.321 e. The maximum absolute atomic E-state index is 12.5. The summed E-state index contributed by atoms with van der Waals surface area (Å²) >= 11 is 0. The van der Waals surface area contributed by atoms with Gasteiger partial charge in [-0.3, -0.25) is 0 Å². The number of methoxy groups -OCH3 is 1. The summed E-state index contributed by atoms with van der Waals surface area (Å²) in [6, 6.07) is 13.3. The van der Waals surface area contributed by atoms with Crippen molar-refractivity contribution in [2.75, 3.05) is 50.3 Å². The minimum absolute atomic E-state index is 0.0988. The van der Waals surface area contributed by atoms with Crippen molar-refractivity contribution in [1.82, 2.24) is 4.90 Å². The van der Waals surface area contributed by atoms with Gasteiger partial charge in [0.15, 0.2) is 11.5 Å². The number of piperazine rings is 1. The first-order valence-corrected chi connectivity index (χ1v) is 8.57. The van der Waals surface area contributed by atoms with Gasteiger partial charge < -0.3 is 29.3 Å². The molecular formula is C19H21N3O4. The highest BCUT2D eigenvalue weighted by atomic mass is 16.7. The highest BCUT2D eigenvalue weighted by Crippen LogP contribution is 2.34. The van der Waals surface area contributed by atoms with Crippen LogP contribution in [-0.4, -0.2) is 51.0 Å². The Morgan fingerprint density at radius 3 is 2.46 bits per heavy atom. The molecule has 26 heavy (non-hydrogen) atoms. The van der Waals surface area contributed by atoms with Gasteiger partial charge in [-0.05, 0) is 36.4 Å². The molecule has 2 aliphatic rings. The fourth-order valence-electron chi connectivity index (χ4n) is 3.14. The first-order chi connectivity index (χ1) is 12.7. The second-order valence-electron chi connectivity index (χ2n) is 6.17. The molecule has 0 radical (unpaired) electrons. The van der Waals surface area contributed by atoms with Crippen LogP contribution in [0.4, 0.5) is 16.2 Å². The maximum atomic E-state index is 12.5. The van der Waals surface area contributed by atoms with E-state index in [0.29, 0.717) is 30.3 Å². The zero-order valence-corrected chi connectivity index (χ0v) is 14.6. The molecule has 4 rings (SSSR count). The molecule has 1 saturated heterocycles. The number of ether oxygens (including phenoxy) is 3. The first-order valence-electron chi connectivity index (χ1n) is 8.57. The Morgan fingerprint density at radius 1 is 1.00 bits per heavy atom. The third kappa shape index (κ3) is 3.33. The monoisotopic (exact) mass is 355 g/mol. The van der Waals surface area contributed by atoms with Crippen molar-refractivity contribution in [3.8, 4) is 17.2 Å². The first kappa shape index (κ1) is 16.4. The fraction of sp³-hybridized carbons (Fsp3) is 0.316. The van der Waals surface area contributed by atoms with Crippen LogP contribution in [0.15, 0.2) is 42.5 Å². The van der Waals surface area contributed by atoms with Crippen molar-refractivity contribution in [2.45, 2.75) is 0 Å². The van der Waals surface area contributed by atoms with E-state index >= 15 is 0 Å². The van der Waals surface area contributed by atoms with E-state index in [4.69, 9.17) is 14.2 Å². The predicted molar refractivity (Wildman–Crippen MR) is 98.4 cm³/mol. The summed E-state index contributed by atoms with van der Waals surface area (Å²) in [5.41, 5.74) is 1.85. The van der Waals surface area contributed by atoms with Gasteiger partial charge in [-0.25, -0.2) is 4.79 Å². The van der Waals surface area contributed by atoms with Crippen molar-refractivity contribution in [2.24, 2.45) is 0 Å². The molecule has 0 saturated carbocycles. The van der Waals surface area contributed by atoms with Crippen molar-refractivity contribution >= 4 is 17.4 Å². The van der Waals surface area contributed by atoms with Gasteiger partial charge in [0, 0.05) is 43.6 Å². The standard InChI is InChI=1S/C19H21N3O4/c1-24-16-5-3-15(4-6-16)21-8-10-22(11-9-21)19(23)20-14-2-7-17-18(12-14)26-13-25-17/h2-7,12H,8-11,13H2,1H3,(H,20,23). The number of carbonyl (C=O) groups is 1. The fourth-order valence-corrected chi connectivity index (χ4v) is 3.14. The third-order valence-electron chi connectivity index (χ3n) is 4.63. The molecule has 0 aliphatic carbocycles. The van der Waals surface area contributed by atoms with Crippen molar-refractivity contribution < 1.29 is 19.0 Å². The second kappa shape index (κ2) is 7.03. The zero-order valence-electron chi connectivity index (χ0n) is 14.6. The number of carbonyl (C=O) groups excluding carboxylic acids is 1. The van der Waals surface area contributed by atoms with Gasteiger partial charge in [0.1, 0.15) is 5.75 Å². The molecule has 2 amide bonds. The molecule has 136 valence electrons. The Labute approximate surface area is 152 Å². The van der Waals surface area contributed by atoms with E-state index in [1.54, 1.807) is 19.2 Å². The van der Waals surface area contributed by atoms with Gasteiger partial charge in [-0.2, -0.15) is 0 Å². The van der Waals surface area contributed by atoms with Crippen LogP contribution in [0.25, 0.3) is 0 Å². The molecule has 2 aromatic rings. The molecule has 7 nitrogen and oxygen atoms in total. The van der Waals surface area contributed by atoms with Crippen LogP contribution in [0, 0.1) is 0 Å². The lowest BCUT2D eigenvalue weighted by molar-refractivity contribution is 0.174. The van der Waals surface area contributed by atoms with E-state index in [-0.39, 0.29) is 12.8 Å². The molecule has 0 spiro atoms. The van der Waals surface area contributed by atoms with Crippen LogP contribution in [0.3, 0.4) is 0 Å². The summed E-state index contributed by atoms with van der Waals surface area (Å²) in [5, 5.41) is 2.93. The predicted octanol–water partition coefficient (Wildman–Crippen LogP) is 2.78. The lowest BCUT2D eigenvalue weighted by atomic mass is 10.2. The Bertz CT molecular complexity index is 786. The van der Waals surface area contributed by atoms with E-state index < -0.39 is 0 Å². The Kier molecular flexibility index (Phi) is 4.43. The van der Waals surface area contributed by atoms with Crippen molar-refractivity contribution in [3.63, 3.8) is 0 Å². The van der Waals surface area contributed by atoms with E-state index in [2.05, 4.69) is 10.2 Å². The number of fused-ring (bicyclic) bond motifs is 1. The average molecular weight is 355 g/mol. The molecule has 7 heteroatoms. The van der Waals surface area contributed by atoms with Crippen LogP contribution in [0.2, 0.25) is 0 Å². The quantitative estimate of drug-likeness (QED) is 0.917. The number of rotatable bonds is 3. The smallest absolute Gasteiger partial charge is 0.321 e. The molecular weight excluding hydrogens is 334 g/mol. The largest absolute Gasteiger partial charge is 0.497 e. The number of benzene rings is 2. The topological polar surface area (TPSA) is 63.3 Å². The Balaban J connectivity index is 1.33. The number of nitrogens with one attached hydrogen (secondary N) is 1. The minimum Gasteiger partial charge on any atom is -0.497 e. The molecule has 2 aromatic carbocycles. The van der Waals surface area contributed by atoms with Crippen LogP contribution >= 0.6 is 0 Å². The molecule has 1 N–H and O–H groups in total.